The molecule has 0 saturated carbocycles. The van der Waals surface area contributed by atoms with Crippen molar-refractivity contribution in [1.29, 1.82) is 0 Å². The Morgan fingerprint density at radius 1 is 1.26 bits per heavy atom. The molecular weight excluding hydrogens is 256 g/mol. The Morgan fingerprint density at radius 3 is 2.95 bits per heavy atom. The van der Waals surface area contributed by atoms with E-state index in [0.717, 1.165) is 25.0 Å². The van der Waals surface area contributed by atoms with Crippen molar-refractivity contribution in [1.82, 2.24) is 10.3 Å². The average Bonchev–Trinajstić information content (AvgIpc) is 2.96. The number of nitrogens with zero attached hydrogens (tertiary/aromatic N) is 1. The zero-order chi connectivity index (χ0) is 13.3. The normalized spacial score (nSPS) is 10.3. The van der Waals surface area contributed by atoms with Crippen molar-refractivity contribution >= 4 is 17.2 Å². The maximum atomic E-state index is 11.6. The molecule has 0 aliphatic rings. The Bertz CT molecular complexity index is 482. The number of aromatic nitrogens is 1. The lowest BCUT2D eigenvalue weighted by molar-refractivity contribution is -0.121. The van der Waals surface area contributed by atoms with Gasteiger partial charge in [-0.15, -0.1) is 0 Å². The summed E-state index contributed by atoms with van der Waals surface area (Å²) in [6, 6.07) is 7.85. The van der Waals surface area contributed by atoms with Gasteiger partial charge in [-0.25, -0.2) is 0 Å². The first-order valence-corrected chi connectivity index (χ1v) is 7.46. The number of nitrogens with one attached hydrogen (secondary N) is 1. The van der Waals surface area contributed by atoms with E-state index in [-0.39, 0.29) is 5.91 Å². The number of thiophene rings is 1. The van der Waals surface area contributed by atoms with Crippen molar-refractivity contribution in [2.45, 2.75) is 32.2 Å². The number of pyridine rings is 1. The number of unbranched alkanes of at least 4 members (excludes halogenated alkanes) is 1. The lowest BCUT2D eigenvalue weighted by Crippen LogP contribution is -2.22. The van der Waals surface area contributed by atoms with Crippen LogP contribution >= 0.6 is 11.3 Å². The first kappa shape index (κ1) is 13.7. The lowest BCUT2D eigenvalue weighted by Gasteiger charge is -2.04. The van der Waals surface area contributed by atoms with E-state index in [2.05, 4.69) is 27.1 Å². The molecule has 2 rings (SSSR count). The molecule has 2 aromatic rings. The van der Waals surface area contributed by atoms with Crippen molar-refractivity contribution in [3.05, 3.63) is 52.5 Å². The predicted molar refractivity (Wildman–Crippen MR) is 78.0 cm³/mol. The minimum Gasteiger partial charge on any atom is -0.350 e. The molecule has 0 aliphatic carbocycles. The molecule has 0 aliphatic heterocycles. The van der Waals surface area contributed by atoms with E-state index in [9.17, 15) is 4.79 Å². The van der Waals surface area contributed by atoms with E-state index >= 15 is 0 Å². The third kappa shape index (κ3) is 5.22. The van der Waals surface area contributed by atoms with Gasteiger partial charge in [-0.05, 0) is 53.8 Å². The van der Waals surface area contributed by atoms with E-state index in [4.69, 9.17) is 0 Å². The molecule has 0 atom stereocenters. The molecule has 2 aromatic heterocycles. The first-order valence-electron chi connectivity index (χ1n) is 6.52. The fraction of sp³-hybridized carbons (Fsp3) is 0.333. The highest BCUT2D eigenvalue weighted by molar-refractivity contribution is 7.07. The molecule has 0 bridgehead atoms. The van der Waals surface area contributed by atoms with Crippen LogP contribution in [0.3, 0.4) is 0 Å². The third-order valence-corrected chi connectivity index (χ3v) is 3.62. The quantitative estimate of drug-likeness (QED) is 0.788. The fourth-order valence-electron chi connectivity index (χ4n) is 1.83. The third-order valence-electron chi connectivity index (χ3n) is 2.89. The second kappa shape index (κ2) is 7.69. The summed E-state index contributed by atoms with van der Waals surface area (Å²) in [6.07, 6.45) is 5.40. The summed E-state index contributed by atoms with van der Waals surface area (Å²) in [6.45, 7) is 0.518. The minimum atomic E-state index is 0.107. The van der Waals surface area contributed by atoms with Crippen LogP contribution in [-0.2, 0) is 17.8 Å². The first-order chi connectivity index (χ1) is 9.34. The van der Waals surface area contributed by atoms with E-state index in [1.807, 2.05) is 18.2 Å². The van der Waals surface area contributed by atoms with Crippen LogP contribution in [0.1, 0.15) is 30.5 Å². The second-order valence-electron chi connectivity index (χ2n) is 4.44. The molecular formula is C15H18N2OS. The van der Waals surface area contributed by atoms with Gasteiger partial charge in [-0.2, -0.15) is 11.3 Å². The summed E-state index contributed by atoms with van der Waals surface area (Å²) in [5.74, 6) is 0.107. The molecule has 0 unspecified atom stereocenters. The van der Waals surface area contributed by atoms with Gasteiger partial charge >= 0.3 is 0 Å². The molecule has 19 heavy (non-hydrogen) atoms. The van der Waals surface area contributed by atoms with Crippen molar-refractivity contribution in [2.24, 2.45) is 0 Å². The zero-order valence-electron chi connectivity index (χ0n) is 10.8. The van der Waals surface area contributed by atoms with Gasteiger partial charge in [0.25, 0.3) is 0 Å². The van der Waals surface area contributed by atoms with Crippen molar-refractivity contribution in [3.8, 4) is 0 Å². The van der Waals surface area contributed by atoms with Gasteiger partial charge in [-0.3, -0.25) is 9.78 Å². The number of carbonyl (C=O) groups excluding carboxylic acids is 1. The largest absolute Gasteiger partial charge is 0.350 e. The van der Waals surface area contributed by atoms with Crippen molar-refractivity contribution < 1.29 is 4.79 Å². The highest BCUT2D eigenvalue weighted by atomic mass is 32.1. The fourth-order valence-corrected chi connectivity index (χ4v) is 2.53. The van der Waals surface area contributed by atoms with E-state index in [0.29, 0.717) is 13.0 Å². The smallest absolute Gasteiger partial charge is 0.220 e. The van der Waals surface area contributed by atoms with Gasteiger partial charge in [-0.1, -0.05) is 6.07 Å². The Labute approximate surface area is 117 Å². The van der Waals surface area contributed by atoms with Crippen LogP contribution in [0.5, 0.6) is 0 Å². The standard InChI is InChI=1S/C15H18N2OS/c18-15(17-11-14-6-3-4-9-16-14)7-2-1-5-13-8-10-19-12-13/h3-4,6,8-10,12H,1-2,5,7,11H2,(H,17,18). The molecule has 0 aromatic carbocycles. The Kier molecular flexibility index (Phi) is 5.56. The lowest BCUT2D eigenvalue weighted by atomic mass is 10.1. The van der Waals surface area contributed by atoms with Gasteiger partial charge in [0, 0.05) is 12.6 Å². The molecule has 100 valence electrons. The minimum absolute atomic E-state index is 0.107. The summed E-state index contributed by atoms with van der Waals surface area (Å²) in [5, 5.41) is 7.15. The van der Waals surface area contributed by atoms with Crippen molar-refractivity contribution in [2.75, 3.05) is 0 Å². The number of hydrogen-bond donors (Lipinski definition) is 1. The molecule has 3 nitrogen and oxygen atoms in total. The van der Waals surface area contributed by atoms with E-state index in [1.54, 1.807) is 17.5 Å². The van der Waals surface area contributed by atoms with Gasteiger partial charge < -0.3 is 5.32 Å². The maximum Gasteiger partial charge on any atom is 0.220 e. The molecule has 0 spiro atoms. The van der Waals surface area contributed by atoms with E-state index in [1.165, 1.54) is 5.56 Å². The van der Waals surface area contributed by atoms with Crippen LogP contribution in [0.15, 0.2) is 41.2 Å². The van der Waals surface area contributed by atoms with Gasteiger partial charge in [0.05, 0.1) is 12.2 Å². The number of rotatable bonds is 7. The summed E-state index contributed by atoms with van der Waals surface area (Å²) in [4.78, 5) is 15.8. The highest BCUT2D eigenvalue weighted by Gasteiger charge is 2.02. The summed E-state index contributed by atoms with van der Waals surface area (Å²) in [7, 11) is 0. The predicted octanol–water partition coefficient (Wildman–Crippen LogP) is 3.17. The van der Waals surface area contributed by atoms with Gasteiger partial charge in [0.1, 0.15) is 0 Å². The molecule has 0 fully saturated rings. The topological polar surface area (TPSA) is 42.0 Å². The molecule has 1 N–H and O–H groups in total. The number of amides is 1. The van der Waals surface area contributed by atoms with Crippen LogP contribution < -0.4 is 5.32 Å². The summed E-state index contributed by atoms with van der Waals surface area (Å²) < 4.78 is 0. The highest BCUT2D eigenvalue weighted by Crippen LogP contribution is 2.10. The molecule has 2 heterocycles. The average molecular weight is 274 g/mol. The Hall–Kier alpha value is -1.68. The SMILES string of the molecule is O=C(CCCCc1ccsc1)NCc1ccccn1. The second-order valence-corrected chi connectivity index (χ2v) is 5.22. The van der Waals surface area contributed by atoms with Gasteiger partial charge in [0.15, 0.2) is 0 Å². The number of hydrogen-bond acceptors (Lipinski definition) is 3. The number of carbonyl (C=O) groups is 1. The Balaban J connectivity index is 1.57. The van der Waals surface area contributed by atoms with Gasteiger partial charge in [0.2, 0.25) is 5.91 Å². The molecule has 1 amide bonds. The summed E-state index contributed by atoms with van der Waals surface area (Å²) in [5.41, 5.74) is 2.27. The summed E-state index contributed by atoms with van der Waals surface area (Å²) >= 11 is 1.72. The van der Waals surface area contributed by atoms with Crippen LogP contribution in [0.4, 0.5) is 0 Å². The van der Waals surface area contributed by atoms with E-state index < -0.39 is 0 Å². The van der Waals surface area contributed by atoms with Crippen LogP contribution in [0.25, 0.3) is 0 Å². The van der Waals surface area contributed by atoms with Crippen LogP contribution in [-0.4, -0.2) is 10.9 Å². The number of aryl methyl sites for hydroxylation is 1. The zero-order valence-corrected chi connectivity index (χ0v) is 11.7. The Morgan fingerprint density at radius 2 is 2.21 bits per heavy atom. The molecule has 0 saturated heterocycles. The molecule has 4 heteroatoms. The van der Waals surface area contributed by atoms with Crippen LogP contribution in [0, 0.1) is 0 Å². The van der Waals surface area contributed by atoms with Crippen LogP contribution in [0.2, 0.25) is 0 Å². The molecule has 0 radical (unpaired) electrons. The van der Waals surface area contributed by atoms with Crippen molar-refractivity contribution in [3.63, 3.8) is 0 Å². The monoisotopic (exact) mass is 274 g/mol. The maximum absolute atomic E-state index is 11.6.